The highest BCUT2D eigenvalue weighted by molar-refractivity contribution is 5.36. The van der Waals surface area contributed by atoms with Crippen molar-refractivity contribution in [1.82, 2.24) is 4.98 Å². The topological polar surface area (TPSA) is 66.6 Å². The van der Waals surface area contributed by atoms with Crippen LogP contribution in [0.5, 0.6) is 5.88 Å². The molecule has 0 unspecified atom stereocenters. The van der Waals surface area contributed by atoms with E-state index in [9.17, 15) is 0 Å². The molecule has 1 heterocycles. The highest BCUT2D eigenvalue weighted by Crippen LogP contribution is 2.26. The molecule has 1 aliphatic carbocycles. The summed E-state index contributed by atoms with van der Waals surface area (Å²) in [5, 5.41) is 0. The number of ether oxygens (including phenoxy) is 3. The van der Waals surface area contributed by atoms with E-state index in [0.717, 1.165) is 24.1 Å². The molecule has 0 spiro atoms. The SMILES string of the molecule is COCCOCCOc1nc2c(cc1CN)CCC2. The number of aryl methyl sites for hydroxylation is 2. The van der Waals surface area contributed by atoms with Crippen LogP contribution in [-0.2, 0) is 28.9 Å². The average molecular weight is 266 g/mol. The molecule has 0 saturated heterocycles. The molecule has 1 aromatic heterocycles. The third-order valence-corrected chi connectivity index (χ3v) is 3.21. The number of hydrogen-bond acceptors (Lipinski definition) is 5. The van der Waals surface area contributed by atoms with E-state index in [4.69, 9.17) is 19.9 Å². The molecule has 5 heteroatoms. The number of pyridine rings is 1. The van der Waals surface area contributed by atoms with Gasteiger partial charge in [-0.2, -0.15) is 0 Å². The molecule has 5 nitrogen and oxygen atoms in total. The van der Waals surface area contributed by atoms with E-state index in [1.54, 1.807) is 7.11 Å². The van der Waals surface area contributed by atoms with Crippen LogP contribution >= 0.6 is 0 Å². The van der Waals surface area contributed by atoms with Gasteiger partial charge in [-0.05, 0) is 30.9 Å². The second-order valence-electron chi connectivity index (χ2n) is 4.57. The lowest BCUT2D eigenvalue weighted by atomic mass is 10.1. The number of nitrogens with zero attached hydrogens (tertiary/aromatic N) is 1. The van der Waals surface area contributed by atoms with Gasteiger partial charge in [-0.3, -0.25) is 0 Å². The predicted octanol–water partition coefficient (Wildman–Crippen LogP) is 1.07. The van der Waals surface area contributed by atoms with Gasteiger partial charge in [0.25, 0.3) is 0 Å². The highest BCUT2D eigenvalue weighted by atomic mass is 16.5. The Hall–Kier alpha value is -1.17. The number of aromatic nitrogens is 1. The third kappa shape index (κ3) is 3.89. The number of nitrogens with two attached hydrogens (primary N) is 1. The summed E-state index contributed by atoms with van der Waals surface area (Å²) in [5.41, 5.74) is 9.21. The normalized spacial score (nSPS) is 13.6. The number of fused-ring (bicyclic) bond motifs is 1. The minimum absolute atomic E-state index is 0.458. The van der Waals surface area contributed by atoms with Gasteiger partial charge in [-0.15, -0.1) is 0 Å². The van der Waals surface area contributed by atoms with Crippen molar-refractivity contribution in [3.8, 4) is 5.88 Å². The molecular weight excluding hydrogens is 244 g/mol. The fourth-order valence-corrected chi connectivity index (χ4v) is 2.21. The standard InChI is InChI=1S/C14H22N2O3/c1-17-5-6-18-7-8-19-14-12(10-15)9-11-3-2-4-13(11)16-14/h9H,2-8,10,15H2,1H3. The lowest BCUT2D eigenvalue weighted by Gasteiger charge is -2.11. The molecule has 19 heavy (non-hydrogen) atoms. The molecule has 0 fully saturated rings. The van der Waals surface area contributed by atoms with Crippen molar-refractivity contribution in [2.75, 3.05) is 33.5 Å². The van der Waals surface area contributed by atoms with Gasteiger partial charge in [0.05, 0.1) is 19.8 Å². The fourth-order valence-electron chi connectivity index (χ4n) is 2.21. The molecule has 0 aliphatic heterocycles. The molecule has 2 rings (SSSR count). The van der Waals surface area contributed by atoms with Gasteiger partial charge in [0.1, 0.15) is 6.61 Å². The summed E-state index contributed by atoms with van der Waals surface area (Å²) in [7, 11) is 1.65. The van der Waals surface area contributed by atoms with Gasteiger partial charge < -0.3 is 19.9 Å². The number of rotatable bonds is 8. The van der Waals surface area contributed by atoms with Crippen LogP contribution in [0.15, 0.2) is 6.07 Å². The van der Waals surface area contributed by atoms with Crippen LogP contribution in [0.1, 0.15) is 23.2 Å². The molecule has 0 saturated carbocycles. The monoisotopic (exact) mass is 266 g/mol. The maximum atomic E-state index is 5.75. The summed E-state index contributed by atoms with van der Waals surface area (Å²) in [5.74, 6) is 0.665. The van der Waals surface area contributed by atoms with Crippen molar-refractivity contribution < 1.29 is 14.2 Å². The Morgan fingerprint density at radius 3 is 2.84 bits per heavy atom. The Kier molecular flexibility index (Phi) is 5.57. The van der Waals surface area contributed by atoms with Crippen molar-refractivity contribution in [3.05, 3.63) is 22.9 Å². The summed E-state index contributed by atoms with van der Waals surface area (Å²) < 4.78 is 15.9. The van der Waals surface area contributed by atoms with Crippen LogP contribution in [0.25, 0.3) is 0 Å². The zero-order chi connectivity index (χ0) is 13.5. The highest BCUT2D eigenvalue weighted by Gasteiger charge is 2.16. The second kappa shape index (κ2) is 7.43. The van der Waals surface area contributed by atoms with Gasteiger partial charge in [-0.1, -0.05) is 0 Å². The Morgan fingerprint density at radius 1 is 1.21 bits per heavy atom. The minimum Gasteiger partial charge on any atom is -0.475 e. The first kappa shape index (κ1) is 14.2. The quantitative estimate of drug-likeness (QED) is 0.713. The maximum Gasteiger partial charge on any atom is 0.218 e. The summed E-state index contributed by atoms with van der Waals surface area (Å²) in [6, 6.07) is 2.14. The Bertz CT molecular complexity index is 410. The number of hydrogen-bond donors (Lipinski definition) is 1. The molecule has 0 amide bonds. The molecular formula is C14H22N2O3. The van der Waals surface area contributed by atoms with Crippen LogP contribution in [0.3, 0.4) is 0 Å². The lowest BCUT2D eigenvalue weighted by Crippen LogP contribution is -2.13. The van der Waals surface area contributed by atoms with Gasteiger partial charge >= 0.3 is 0 Å². The lowest BCUT2D eigenvalue weighted by molar-refractivity contribution is 0.0535. The first-order valence-corrected chi connectivity index (χ1v) is 6.76. The smallest absolute Gasteiger partial charge is 0.218 e. The van der Waals surface area contributed by atoms with Crippen molar-refractivity contribution in [1.29, 1.82) is 0 Å². The molecule has 0 bridgehead atoms. The first-order valence-electron chi connectivity index (χ1n) is 6.76. The van der Waals surface area contributed by atoms with Crippen LogP contribution in [0.2, 0.25) is 0 Å². The van der Waals surface area contributed by atoms with E-state index in [1.165, 1.54) is 12.0 Å². The maximum absolute atomic E-state index is 5.75. The van der Waals surface area contributed by atoms with Crippen LogP contribution in [0, 0.1) is 0 Å². The van der Waals surface area contributed by atoms with Crippen LogP contribution in [-0.4, -0.2) is 38.5 Å². The zero-order valence-electron chi connectivity index (χ0n) is 11.5. The Labute approximate surface area is 114 Å². The molecule has 2 N–H and O–H groups in total. The largest absolute Gasteiger partial charge is 0.475 e. The van der Waals surface area contributed by atoms with E-state index in [0.29, 0.717) is 38.9 Å². The fraction of sp³-hybridized carbons (Fsp3) is 0.643. The minimum atomic E-state index is 0.458. The van der Waals surface area contributed by atoms with Crippen molar-refractivity contribution in [2.45, 2.75) is 25.8 Å². The van der Waals surface area contributed by atoms with Crippen molar-refractivity contribution >= 4 is 0 Å². The molecule has 0 atom stereocenters. The van der Waals surface area contributed by atoms with E-state index in [2.05, 4.69) is 11.1 Å². The third-order valence-electron chi connectivity index (χ3n) is 3.21. The van der Waals surface area contributed by atoms with E-state index in [1.807, 2.05) is 0 Å². The van der Waals surface area contributed by atoms with Crippen LogP contribution in [0.4, 0.5) is 0 Å². The van der Waals surface area contributed by atoms with Gasteiger partial charge in [-0.25, -0.2) is 4.98 Å². The molecule has 1 aliphatic rings. The number of methoxy groups -OCH3 is 1. The van der Waals surface area contributed by atoms with E-state index in [-0.39, 0.29) is 0 Å². The van der Waals surface area contributed by atoms with E-state index < -0.39 is 0 Å². The van der Waals surface area contributed by atoms with Crippen LogP contribution < -0.4 is 10.5 Å². The van der Waals surface area contributed by atoms with Crippen molar-refractivity contribution in [2.24, 2.45) is 5.73 Å². The van der Waals surface area contributed by atoms with Gasteiger partial charge in [0.2, 0.25) is 5.88 Å². The second-order valence-corrected chi connectivity index (χ2v) is 4.57. The van der Waals surface area contributed by atoms with Gasteiger partial charge in [0, 0.05) is 24.9 Å². The Morgan fingerprint density at radius 2 is 2.05 bits per heavy atom. The predicted molar refractivity (Wildman–Crippen MR) is 72.3 cm³/mol. The summed E-state index contributed by atoms with van der Waals surface area (Å²) in [6.45, 7) is 2.67. The summed E-state index contributed by atoms with van der Waals surface area (Å²) >= 11 is 0. The first-order chi connectivity index (χ1) is 9.35. The molecule has 0 radical (unpaired) electrons. The zero-order valence-corrected chi connectivity index (χ0v) is 11.5. The average Bonchev–Trinajstić information content (AvgIpc) is 2.88. The van der Waals surface area contributed by atoms with E-state index >= 15 is 0 Å². The Balaban J connectivity index is 1.85. The molecule has 106 valence electrons. The summed E-state index contributed by atoms with van der Waals surface area (Å²) in [4.78, 5) is 4.58. The molecule has 0 aromatic carbocycles. The van der Waals surface area contributed by atoms with Gasteiger partial charge in [0.15, 0.2) is 0 Å². The summed E-state index contributed by atoms with van der Waals surface area (Å²) in [6.07, 6.45) is 3.33. The molecule has 1 aromatic rings. The van der Waals surface area contributed by atoms with Crippen molar-refractivity contribution in [3.63, 3.8) is 0 Å².